The first-order valence-electron chi connectivity index (χ1n) is 7.12. The molecule has 0 radical (unpaired) electrons. The molecule has 23 heavy (non-hydrogen) atoms. The Bertz CT molecular complexity index is 732. The molecule has 0 aliphatic heterocycles. The van der Waals surface area contributed by atoms with Crippen molar-refractivity contribution in [2.75, 3.05) is 10.6 Å². The Kier molecular flexibility index (Phi) is 5.41. The number of benzene rings is 2. The quantitative estimate of drug-likeness (QED) is 0.829. The summed E-state index contributed by atoms with van der Waals surface area (Å²) in [6, 6.07) is 10.1. The molecule has 2 N–H and O–H groups in total. The summed E-state index contributed by atoms with van der Waals surface area (Å²) in [4.78, 5) is 23.7. The lowest BCUT2D eigenvalue weighted by Gasteiger charge is -2.10. The van der Waals surface area contributed by atoms with Crippen molar-refractivity contribution in [3.63, 3.8) is 0 Å². The summed E-state index contributed by atoms with van der Waals surface area (Å²) in [6.45, 7) is 1.95. The normalized spacial score (nSPS) is 10.2. The van der Waals surface area contributed by atoms with Gasteiger partial charge in [0.1, 0.15) is 18.1 Å². The second-order valence-corrected chi connectivity index (χ2v) is 4.91. The molecule has 120 valence electrons. The molecular weight excluding hydrogens is 302 g/mol. The van der Waals surface area contributed by atoms with Gasteiger partial charge in [0.25, 0.3) is 0 Å². The van der Waals surface area contributed by atoms with Gasteiger partial charge in [-0.15, -0.1) is 0 Å². The minimum absolute atomic E-state index is 0.168. The zero-order chi connectivity index (χ0) is 16.8. The standard InChI is InChI=1S/C17H16F2N2O2/c1-2-11-5-3-4-6-14(11)20-16(22)10-17(23)21-15-8-7-12(18)9-13(15)19/h3-9H,2,10H2,1H3,(H,20,22)(H,21,23). The zero-order valence-electron chi connectivity index (χ0n) is 12.5. The van der Waals surface area contributed by atoms with Crippen molar-refractivity contribution in [2.24, 2.45) is 0 Å². The largest absolute Gasteiger partial charge is 0.325 e. The second kappa shape index (κ2) is 7.49. The van der Waals surface area contributed by atoms with Gasteiger partial charge in [-0.1, -0.05) is 25.1 Å². The molecule has 2 aromatic carbocycles. The Morgan fingerprint density at radius 3 is 2.26 bits per heavy atom. The van der Waals surface area contributed by atoms with E-state index in [9.17, 15) is 18.4 Å². The average molecular weight is 318 g/mol. The smallest absolute Gasteiger partial charge is 0.233 e. The van der Waals surface area contributed by atoms with Gasteiger partial charge in [0.15, 0.2) is 0 Å². The summed E-state index contributed by atoms with van der Waals surface area (Å²) in [5.74, 6) is -2.82. The lowest BCUT2D eigenvalue weighted by atomic mass is 10.1. The highest BCUT2D eigenvalue weighted by atomic mass is 19.1. The molecule has 0 bridgehead atoms. The van der Waals surface area contributed by atoms with Crippen LogP contribution in [0.5, 0.6) is 0 Å². The van der Waals surface area contributed by atoms with Crippen molar-refractivity contribution in [1.29, 1.82) is 0 Å². The number of hydrogen-bond acceptors (Lipinski definition) is 2. The van der Waals surface area contributed by atoms with Crippen LogP contribution in [-0.4, -0.2) is 11.8 Å². The number of carbonyl (C=O) groups excluding carboxylic acids is 2. The third kappa shape index (κ3) is 4.60. The van der Waals surface area contributed by atoms with E-state index in [1.165, 1.54) is 0 Å². The molecule has 2 aromatic rings. The van der Waals surface area contributed by atoms with Gasteiger partial charge in [-0.3, -0.25) is 9.59 Å². The van der Waals surface area contributed by atoms with Gasteiger partial charge in [0.2, 0.25) is 11.8 Å². The molecule has 2 amide bonds. The Morgan fingerprint density at radius 2 is 1.61 bits per heavy atom. The maximum Gasteiger partial charge on any atom is 0.233 e. The van der Waals surface area contributed by atoms with Gasteiger partial charge < -0.3 is 10.6 Å². The molecule has 0 unspecified atom stereocenters. The first-order chi connectivity index (χ1) is 11.0. The van der Waals surface area contributed by atoms with E-state index in [2.05, 4.69) is 10.6 Å². The first-order valence-corrected chi connectivity index (χ1v) is 7.12. The van der Waals surface area contributed by atoms with Crippen LogP contribution in [0.1, 0.15) is 18.9 Å². The number of amides is 2. The lowest BCUT2D eigenvalue weighted by Crippen LogP contribution is -2.22. The fourth-order valence-electron chi connectivity index (χ4n) is 2.08. The number of nitrogens with one attached hydrogen (secondary N) is 2. The van der Waals surface area contributed by atoms with Crippen LogP contribution in [0.25, 0.3) is 0 Å². The molecular formula is C17H16F2N2O2. The number of hydrogen-bond donors (Lipinski definition) is 2. The highest BCUT2D eigenvalue weighted by Gasteiger charge is 2.13. The maximum absolute atomic E-state index is 13.4. The number of rotatable bonds is 5. The van der Waals surface area contributed by atoms with Crippen LogP contribution >= 0.6 is 0 Å². The monoisotopic (exact) mass is 318 g/mol. The van der Waals surface area contributed by atoms with Crippen LogP contribution in [0, 0.1) is 11.6 Å². The van der Waals surface area contributed by atoms with Crippen LogP contribution in [0.15, 0.2) is 42.5 Å². The summed E-state index contributed by atoms with van der Waals surface area (Å²) in [6.07, 6.45) is 0.276. The van der Waals surface area contributed by atoms with Crippen molar-refractivity contribution in [3.05, 3.63) is 59.7 Å². The molecule has 0 aliphatic rings. The molecule has 0 aromatic heterocycles. The van der Waals surface area contributed by atoms with Crippen LogP contribution in [0.3, 0.4) is 0 Å². The van der Waals surface area contributed by atoms with Crippen LogP contribution in [0.4, 0.5) is 20.2 Å². The van der Waals surface area contributed by atoms with Gasteiger partial charge >= 0.3 is 0 Å². The number of anilines is 2. The third-order valence-electron chi connectivity index (χ3n) is 3.20. The van der Waals surface area contributed by atoms with Crippen molar-refractivity contribution >= 4 is 23.2 Å². The Hall–Kier alpha value is -2.76. The van der Waals surface area contributed by atoms with E-state index in [1.54, 1.807) is 12.1 Å². The maximum atomic E-state index is 13.4. The molecule has 0 saturated carbocycles. The van der Waals surface area contributed by atoms with E-state index in [-0.39, 0.29) is 5.69 Å². The van der Waals surface area contributed by atoms with E-state index in [4.69, 9.17) is 0 Å². The van der Waals surface area contributed by atoms with Gasteiger partial charge in [0, 0.05) is 11.8 Å². The Morgan fingerprint density at radius 1 is 0.957 bits per heavy atom. The van der Waals surface area contributed by atoms with Gasteiger partial charge in [-0.2, -0.15) is 0 Å². The Labute approximate surface area is 132 Å². The van der Waals surface area contributed by atoms with Gasteiger partial charge in [-0.25, -0.2) is 8.78 Å². The third-order valence-corrected chi connectivity index (χ3v) is 3.20. The van der Waals surface area contributed by atoms with Crippen LogP contribution < -0.4 is 10.6 Å². The molecule has 0 heterocycles. The summed E-state index contributed by atoms with van der Waals surface area (Å²) < 4.78 is 26.2. The second-order valence-electron chi connectivity index (χ2n) is 4.91. The molecule has 0 fully saturated rings. The van der Waals surface area contributed by atoms with Crippen LogP contribution in [0.2, 0.25) is 0 Å². The molecule has 2 rings (SSSR count). The fourth-order valence-corrected chi connectivity index (χ4v) is 2.08. The zero-order valence-corrected chi connectivity index (χ0v) is 12.5. The molecule has 0 atom stereocenters. The SMILES string of the molecule is CCc1ccccc1NC(=O)CC(=O)Nc1ccc(F)cc1F. The summed E-state index contributed by atoms with van der Waals surface area (Å²) in [7, 11) is 0. The predicted octanol–water partition coefficient (Wildman–Crippen LogP) is 3.49. The van der Waals surface area contributed by atoms with E-state index in [0.29, 0.717) is 11.8 Å². The minimum atomic E-state index is -0.893. The van der Waals surface area contributed by atoms with Crippen molar-refractivity contribution < 1.29 is 18.4 Å². The van der Waals surface area contributed by atoms with Gasteiger partial charge in [-0.05, 0) is 30.2 Å². The van der Waals surface area contributed by atoms with E-state index >= 15 is 0 Å². The van der Waals surface area contributed by atoms with Crippen molar-refractivity contribution in [3.8, 4) is 0 Å². The number of halogens is 2. The molecule has 4 nitrogen and oxygen atoms in total. The summed E-state index contributed by atoms with van der Waals surface area (Å²) in [5, 5.41) is 4.89. The highest BCUT2D eigenvalue weighted by molar-refractivity contribution is 6.08. The highest BCUT2D eigenvalue weighted by Crippen LogP contribution is 2.17. The number of para-hydroxylation sites is 1. The molecule has 0 spiro atoms. The Balaban J connectivity index is 1.96. The van der Waals surface area contributed by atoms with E-state index < -0.39 is 29.9 Å². The van der Waals surface area contributed by atoms with Gasteiger partial charge in [0.05, 0.1) is 5.69 Å². The topological polar surface area (TPSA) is 58.2 Å². The first kappa shape index (κ1) is 16.6. The van der Waals surface area contributed by atoms with Crippen LogP contribution in [-0.2, 0) is 16.0 Å². The summed E-state index contributed by atoms with van der Waals surface area (Å²) in [5.41, 5.74) is 1.42. The average Bonchev–Trinajstić information content (AvgIpc) is 2.50. The molecule has 0 saturated heterocycles. The minimum Gasteiger partial charge on any atom is -0.325 e. The molecule has 6 heteroatoms. The lowest BCUT2D eigenvalue weighted by molar-refractivity contribution is -0.123. The fraction of sp³-hybridized carbons (Fsp3) is 0.176. The molecule has 0 aliphatic carbocycles. The van der Waals surface area contributed by atoms with Crippen molar-refractivity contribution in [1.82, 2.24) is 0 Å². The van der Waals surface area contributed by atoms with E-state index in [0.717, 1.165) is 24.1 Å². The predicted molar refractivity (Wildman–Crippen MR) is 84.1 cm³/mol. The van der Waals surface area contributed by atoms with Crippen molar-refractivity contribution in [2.45, 2.75) is 19.8 Å². The number of aryl methyl sites for hydroxylation is 1. The number of carbonyl (C=O) groups is 2. The summed E-state index contributed by atoms with van der Waals surface area (Å²) >= 11 is 0. The van der Waals surface area contributed by atoms with E-state index in [1.807, 2.05) is 19.1 Å².